The van der Waals surface area contributed by atoms with Crippen molar-refractivity contribution in [1.29, 1.82) is 0 Å². The third-order valence-corrected chi connectivity index (χ3v) is 3.32. The molecule has 2 aromatic rings. The smallest absolute Gasteiger partial charge is 0.312 e. The van der Waals surface area contributed by atoms with Crippen LogP contribution in [0.1, 0.15) is 28.4 Å². The number of urea groups is 1. The Morgan fingerprint density at radius 2 is 1.73 bits per heavy atom. The SMILES string of the molecule is COc1ccc(C(=O)CC(NC(N)=O)c2ccccc2)cc1. The molecule has 0 spiro atoms. The minimum Gasteiger partial charge on any atom is -0.497 e. The second kappa shape index (κ2) is 7.26. The lowest BCUT2D eigenvalue weighted by Gasteiger charge is -2.17. The number of primary amides is 1. The standard InChI is InChI=1S/C17H18N2O3/c1-22-14-9-7-13(8-10-14)16(20)11-15(19-17(18)21)12-5-3-2-4-6-12/h2-10,15H,11H2,1H3,(H3,18,19,21). The summed E-state index contributed by atoms with van der Waals surface area (Å²) in [5, 5.41) is 2.61. The zero-order valence-electron chi connectivity index (χ0n) is 12.3. The Hall–Kier alpha value is -2.82. The van der Waals surface area contributed by atoms with Crippen LogP contribution in [0.15, 0.2) is 54.6 Å². The first-order valence-corrected chi connectivity index (χ1v) is 6.88. The van der Waals surface area contributed by atoms with Gasteiger partial charge < -0.3 is 15.8 Å². The maximum Gasteiger partial charge on any atom is 0.312 e. The lowest BCUT2D eigenvalue weighted by Crippen LogP contribution is -2.34. The van der Waals surface area contributed by atoms with E-state index in [4.69, 9.17) is 10.5 Å². The number of carbonyl (C=O) groups excluding carboxylic acids is 2. The molecule has 0 aromatic heterocycles. The van der Waals surface area contributed by atoms with Crippen LogP contribution >= 0.6 is 0 Å². The molecule has 2 rings (SSSR count). The molecule has 2 amide bonds. The Labute approximate surface area is 129 Å². The second-order valence-corrected chi connectivity index (χ2v) is 4.83. The van der Waals surface area contributed by atoms with E-state index in [9.17, 15) is 9.59 Å². The summed E-state index contributed by atoms with van der Waals surface area (Å²) in [5.41, 5.74) is 6.60. The topological polar surface area (TPSA) is 81.4 Å². The number of hydrogen-bond acceptors (Lipinski definition) is 3. The van der Waals surface area contributed by atoms with Crippen molar-refractivity contribution in [2.24, 2.45) is 5.73 Å². The monoisotopic (exact) mass is 298 g/mol. The largest absolute Gasteiger partial charge is 0.497 e. The highest BCUT2D eigenvalue weighted by atomic mass is 16.5. The van der Waals surface area contributed by atoms with Crippen molar-refractivity contribution in [3.8, 4) is 5.75 Å². The highest BCUT2D eigenvalue weighted by molar-refractivity contribution is 5.96. The van der Waals surface area contributed by atoms with Crippen LogP contribution in [0, 0.1) is 0 Å². The number of ketones is 1. The maximum absolute atomic E-state index is 12.4. The van der Waals surface area contributed by atoms with E-state index in [1.165, 1.54) is 0 Å². The van der Waals surface area contributed by atoms with Crippen molar-refractivity contribution >= 4 is 11.8 Å². The molecule has 1 unspecified atom stereocenters. The van der Waals surface area contributed by atoms with Crippen LogP contribution in [0.5, 0.6) is 5.75 Å². The van der Waals surface area contributed by atoms with Crippen molar-refractivity contribution in [3.05, 3.63) is 65.7 Å². The fourth-order valence-electron chi connectivity index (χ4n) is 2.19. The summed E-state index contributed by atoms with van der Waals surface area (Å²) in [6.07, 6.45) is 0.138. The summed E-state index contributed by atoms with van der Waals surface area (Å²) in [7, 11) is 1.57. The van der Waals surface area contributed by atoms with Gasteiger partial charge >= 0.3 is 6.03 Å². The van der Waals surface area contributed by atoms with Crippen LogP contribution in [0.25, 0.3) is 0 Å². The van der Waals surface area contributed by atoms with Crippen LogP contribution < -0.4 is 15.8 Å². The number of rotatable bonds is 6. The molecule has 114 valence electrons. The van der Waals surface area contributed by atoms with Gasteiger partial charge in [-0.1, -0.05) is 30.3 Å². The number of carbonyl (C=O) groups is 2. The van der Waals surface area contributed by atoms with Crippen molar-refractivity contribution in [2.75, 3.05) is 7.11 Å². The molecule has 0 bridgehead atoms. The van der Waals surface area contributed by atoms with E-state index in [1.54, 1.807) is 31.4 Å². The molecule has 0 radical (unpaired) electrons. The van der Waals surface area contributed by atoms with Gasteiger partial charge in [0, 0.05) is 12.0 Å². The molecule has 5 nitrogen and oxygen atoms in total. The van der Waals surface area contributed by atoms with Crippen molar-refractivity contribution in [2.45, 2.75) is 12.5 Å². The Kier molecular flexibility index (Phi) is 5.14. The van der Waals surface area contributed by atoms with Gasteiger partial charge in [0.25, 0.3) is 0 Å². The highest BCUT2D eigenvalue weighted by Crippen LogP contribution is 2.20. The number of ether oxygens (including phenoxy) is 1. The van der Waals surface area contributed by atoms with Crippen molar-refractivity contribution in [1.82, 2.24) is 5.32 Å². The van der Waals surface area contributed by atoms with Gasteiger partial charge in [0.15, 0.2) is 5.78 Å². The summed E-state index contributed by atoms with van der Waals surface area (Å²) < 4.78 is 5.07. The predicted molar refractivity (Wildman–Crippen MR) is 83.8 cm³/mol. The normalized spacial score (nSPS) is 11.5. The van der Waals surface area contributed by atoms with Gasteiger partial charge in [0.05, 0.1) is 13.2 Å². The van der Waals surface area contributed by atoms with Crippen LogP contribution in [0.2, 0.25) is 0 Å². The number of amides is 2. The van der Waals surface area contributed by atoms with E-state index >= 15 is 0 Å². The van der Waals surface area contributed by atoms with E-state index in [0.29, 0.717) is 11.3 Å². The molecular weight excluding hydrogens is 280 g/mol. The average molecular weight is 298 g/mol. The van der Waals surface area contributed by atoms with Crippen LogP contribution in [-0.2, 0) is 0 Å². The van der Waals surface area contributed by atoms with Gasteiger partial charge in [-0.15, -0.1) is 0 Å². The van der Waals surface area contributed by atoms with Gasteiger partial charge in [0.1, 0.15) is 5.75 Å². The molecule has 0 saturated heterocycles. The lowest BCUT2D eigenvalue weighted by atomic mass is 9.98. The Bertz CT molecular complexity index is 639. The number of nitrogens with one attached hydrogen (secondary N) is 1. The van der Waals surface area contributed by atoms with Crippen molar-refractivity contribution in [3.63, 3.8) is 0 Å². The molecule has 0 fully saturated rings. The van der Waals surface area contributed by atoms with E-state index in [0.717, 1.165) is 5.56 Å². The van der Waals surface area contributed by atoms with Gasteiger partial charge in [-0.05, 0) is 29.8 Å². The van der Waals surface area contributed by atoms with Gasteiger partial charge in [-0.3, -0.25) is 4.79 Å². The molecule has 2 aromatic carbocycles. The summed E-state index contributed by atoms with van der Waals surface area (Å²) >= 11 is 0. The lowest BCUT2D eigenvalue weighted by molar-refractivity contribution is 0.0970. The van der Waals surface area contributed by atoms with E-state index in [1.807, 2.05) is 30.3 Å². The van der Waals surface area contributed by atoms with Gasteiger partial charge in [-0.2, -0.15) is 0 Å². The quantitative estimate of drug-likeness (QED) is 0.804. The first-order chi connectivity index (χ1) is 10.6. The number of Topliss-reactive ketones (excluding diaryl/α,β-unsaturated/α-hetero) is 1. The predicted octanol–water partition coefficient (Wildman–Crippen LogP) is 2.68. The molecule has 5 heteroatoms. The van der Waals surface area contributed by atoms with Crippen LogP contribution in [0.3, 0.4) is 0 Å². The molecule has 0 heterocycles. The minimum atomic E-state index is -0.656. The van der Waals surface area contributed by atoms with E-state index < -0.39 is 12.1 Å². The third kappa shape index (κ3) is 4.09. The maximum atomic E-state index is 12.4. The van der Waals surface area contributed by atoms with Gasteiger partial charge in [0.2, 0.25) is 0 Å². The number of hydrogen-bond donors (Lipinski definition) is 2. The number of nitrogens with two attached hydrogens (primary N) is 1. The first kappa shape index (κ1) is 15.6. The summed E-state index contributed by atoms with van der Waals surface area (Å²) in [5.74, 6) is 0.608. The van der Waals surface area contributed by atoms with Crippen molar-refractivity contribution < 1.29 is 14.3 Å². The highest BCUT2D eigenvalue weighted by Gasteiger charge is 2.18. The van der Waals surface area contributed by atoms with E-state index in [-0.39, 0.29) is 12.2 Å². The zero-order valence-corrected chi connectivity index (χ0v) is 12.3. The Morgan fingerprint density at radius 3 is 2.27 bits per heavy atom. The molecule has 0 aliphatic rings. The summed E-state index contributed by atoms with van der Waals surface area (Å²) in [6, 6.07) is 15.0. The fourth-order valence-corrected chi connectivity index (χ4v) is 2.19. The number of benzene rings is 2. The Morgan fingerprint density at radius 1 is 1.09 bits per heavy atom. The average Bonchev–Trinajstić information content (AvgIpc) is 2.54. The Balaban J connectivity index is 2.15. The van der Waals surface area contributed by atoms with Crippen LogP contribution in [-0.4, -0.2) is 18.9 Å². The number of methoxy groups -OCH3 is 1. The fraction of sp³-hybridized carbons (Fsp3) is 0.176. The summed E-state index contributed by atoms with van der Waals surface area (Å²) in [4.78, 5) is 23.5. The molecule has 0 aliphatic heterocycles. The van der Waals surface area contributed by atoms with Gasteiger partial charge in [-0.25, -0.2) is 4.79 Å². The first-order valence-electron chi connectivity index (χ1n) is 6.88. The molecule has 0 aliphatic carbocycles. The zero-order chi connectivity index (χ0) is 15.9. The third-order valence-electron chi connectivity index (χ3n) is 3.32. The van der Waals surface area contributed by atoms with Crippen LogP contribution in [0.4, 0.5) is 4.79 Å². The molecule has 22 heavy (non-hydrogen) atoms. The molecule has 3 N–H and O–H groups in total. The van der Waals surface area contributed by atoms with E-state index in [2.05, 4.69) is 5.32 Å². The molecule has 1 atom stereocenters. The minimum absolute atomic E-state index is 0.0785. The molecular formula is C17H18N2O3. The molecule has 0 saturated carbocycles. The summed E-state index contributed by atoms with van der Waals surface area (Å²) in [6.45, 7) is 0. The second-order valence-electron chi connectivity index (χ2n) is 4.83.